The monoisotopic (exact) mass is 265 g/mol. The highest BCUT2D eigenvalue weighted by atomic mass is 19.1. The Morgan fingerprint density at radius 3 is 3.00 bits per heavy atom. The van der Waals surface area contributed by atoms with Crippen molar-refractivity contribution in [1.82, 2.24) is 5.32 Å². The number of nitrogens with zero attached hydrogens (tertiary/aromatic N) is 1. The molecule has 0 spiro atoms. The third-order valence-corrected chi connectivity index (χ3v) is 2.53. The molecule has 1 aliphatic heterocycles. The number of aliphatic carboxylic acids is 1. The number of carbonyl (C=O) groups is 2. The van der Waals surface area contributed by atoms with Crippen LogP contribution in [0.25, 0.3) is 0 Å². The van der Waals surface area contributed by atoms with Gasteiger partial charge in [0.15, 0.2) is 0 Å². The number of nitrogens with one attached hydrogen (secondary N) is 1. The van der Waals surface area contributed by atoms with E-state index in [0.717, 1.165) is 0 Å². The maximum Gasteiger partial charge on any atom is 0.264 e. The number of halogens is 1. The van der Waals surface area contributed by atoms with Gasteiger partial charge in [-0.25, -0.2) is 4.39 Å². The SMILES string of the molecule is O=C([O-])CNC(=O)[C@@H]1CC(c2cccc(F)c2)=NO1. The fourth-order valence-corrected chi connectivity index (χ4v) is 1.63. The lowest BCUT2D eigenvalue weighted by Crippen LogP contribution is -2.42. The molecule has 1 aliphatic rings. The number of hydrogen-bond donors (Lipinski definition) is 1. The fourth-order valence-electron chi connectivity index (χ4n) is 1.63. The molecule has 0 saturated carbocycles. The first kappa shape index (κ1) is 13.0. The summed E-state index contributed by atoms with van der Waals surface area (Å²) in [6.07, 6.45) is -0.750. The van der Waals surface area contributed by atoms with Gasteiger partial charge in [-0.1, -0.05) is 17.3 Å². The number of benzene rings is 1. The van der Waals surface area contributed by atoms with Crippen molar-refractivity contribution in [2.45, 2.75) is 12.5 Å². The van der Waals surface area contributed by atoms with Crippen molar-refractivity contribution in [3.63, 3.8) is 0 Å². The smallest absolute Gasteiger partial charge is 0.264 e. The summed E-state index contributed by atoms with van der Waals surface area (Å²) in [5.74, 6) is -2.40. The largest absolute Gasteiger partial charge is 0.548 e. The molecule has 0 radical (unpaired) electrons. The van der Waals surface area contributed by atoms with Crippen molar-refractivity contribution in [3.8, 4) is 0 Å². The molecular weight excluding hydrogens is 255 g/mol. The lowest BCUT2D eigenvalue weighted by atomic mass is 10.0. The lowest BCUT2D eigenvalue weighted by molar-refractivity contribution is -0.304. The average molecular weight is 265 g/mol. The van der Waals surface area contributed by atoms with E-state index in [0.29, 0.717) is 11.3 Å². The zero-order valence-corrected chi connectivity index (χ0v) is 9.76. The third-order valence-electron chi connectivity index (χ3n) is 2.53. The summed E-state index contributed by atoms with van der Waals surface area (Å²) in [7, 11) is 0. The molecule has 7 heteroatoms. The molecule has 0 fully saturated rings. The Morgan fingerprint density at radius 2 is 2.32 bits per heavy atom. The number of carboxylic acid groups (broad SMARTS) is 1. The molecule has 1 atom stereocenters. The Kier molecular flexibility index (Phi) is 3.74. The van der Waals surface area contributed by atoms with Gasteiger partial charge in [0.05, 0.1) is 18.2 Å². The van der Waals surface area contributed by atoms with E-state index < -0.39 is 30.3 Å². The zero-order chi connectivity index (χ0) is 13.8. The molecule has 1 aromatic rings. The van der Waals surface area contributed by atoms with Gasteiger partial charge in [0, 0.05) is 12.0 Å². The Morgan fingerprint density at radius 1 is 1.53 bits per heavy atom. The molecule has 6 nitrogen and oxygen atoms in total. The average Bonchev–Trinajstić information content (AvgIpc) is 2.85. The second kappa shape index (κ2) is 5.47. The van der Waals surface area contributed by atoms with Crippen molar-refractivity contribution in [2.24, 2.45) is 5.16 Å². The summed E-state index contributed by atoms with van der Waals surface area (Å²) in [4.78, 5) is 26.6. The molecule has 0 bridgehead atoms. The minimum absolute atomic E-state index is 0.155. The number of carboxylic acids is 1. The van der Waals surface area contributed by atoms with E-state index in [4.69, 9.17) is 4.84 Å². The van der Waals surface area contributed by atoms with Crippen molar-refractivity contribution in [3.05, 3.63) is 35.6 Å². The van der Waals surface area contributed by atoms with Crippen LogP contribution < -0.4 is 10.4 Å². The highest BCUT2D eigenvalue weighted by Crippen LogP contribution is 2.17. The van der Waals surface area contributed by atoms with Crippen LogP contribution in [-0.2, 0) is 14.4 Å². The van der Waals surface area contributed by atoms with E-state index in [-0.39, 0.29) is 6.42 Å². The third kappa shape index (κ3) is 3.27. The predicted octanol–water partition coefficient (Wildman–Crippen LogP) is -0.815. The number of amides is 1. The van der Waals surface area contributed by atoms with E-state index >= 15 is 0 Å². The van der Waals surface area contributed by atoms with Crippen LogP contribution in [0, 0.1) is 5.82 Å². The number of carbonyl (C=O) groups excluding carboxylic acids is 2. The second-order valence-electron chi connectivity index (χ2n) is 3.94. The molecule has 0 saturated heterocycles. The van der Waals surface area contributed by atoms with Crippen molar-refractivity contribution >= 4 is 17.6 Å². The van der Waals surface area contributed by atoms with Gasteiger partial charge in [-0.05, 0) is 12.1 Å². The molecule has 2 rings (SSSR count). The lowest BCUT2D eigenvalue weighted by Gasteiger charge is -2.09. The van der Waals surface area contributed by atoms with Gasteiger partial charge in [-0.2, -0.15) is 0 Å². The Balaban J connectivity index is 1.95. The fraction of sp³-hybridized carbons (Fsp3) is 0.250. The summed E-state index contributed by atoms with van der Waals surface area (Å²) in [5, 5.41) is 16.0. The van der Waals surface area contributed by atoms with E-state index in [1.54, 1.807) is 6.07 Å². The van der Waals surface area contributed by atoms with Crippen molar-refractivity contribution in [1.29, 1.82) is 0 Å². The molecule has 100 valence electrons. The first-order valence-corrected chi connectivity index (χ1v) is 5.52. The first-order valence-electron chi connectivity index (χ1n) is 5.52. The minimum atomic E-state index is -1.39. The molecule has 1 aromatic carbocycles. The quantitative estimate of drug-likeness (QED) is 0.770. The summed E-state index contributed by atoms with van der Waals surface area (Å²) < 4.78 is 13.0. The maximum absolute atomic E-state index is 13.0. The second-order valence-corrected chi connectivity index (χ2v) is 3.94. The zero-order valence-electron chi connectivity index (χ0n) is 9.76. The van der Waals surface area contributed by atoms with E-state index in [1.165, 1.54) is 18.2 Å². The van der Waals surface area contributed by atoms with Gasteiger partial charge in [-0.15, -0.1) is 0 Å². The van der Waals surface area contributed by atoms with Crippen LogP contribution in [0.3, 0.4) is 0 Å². The van der Waals surface area contributed by atoms with Crippen molar-refractivity contribution in [2.75, 3.05) is 6.54 Å². The van der Waals surface area contributed by atoms with Gasteiger partial charge < -0.3 is 20.1 Å². The summed E-state index contributed by atoms with van der Waals surface area (Å²) in [5.41, 5.74) is 0.961. The predicted molar refractivity (Wildman–Crippen MR) is 60.4 cm³/mol. The number of rotatable bonds is 4. The van der Waals surface area contributed by atoms with Gasteiger partial charge in [0.25, 0.3) is 5.91 Å². The Labute approximate surface area is 107 Å². The van der Waals surface area contributed by atoms with Crippen LogP contribution in [0.1, 0.15) is 12.0 Å². The van der Waals surface area contributed by atoms with Gasteiger partial charge in [-0.3, -0.25) is 4.79 Å². The molecule has 0 aliphatic carbocycles. The number of hydrogen-bond acceptors (Lipinski definition) is 5. The van der Waals surface area contributed by atoms with Crippen LogP contribution in [0.4, 0.5) is 4.39 Å². The Bertz CT molecular complexity index is 544. The van der Waals surface area contributed by atoms with Crippen LogP contribution >= 0.6 is 0 Å². The normalized spacial score (nSPS) is 17.5. The summed E-state index contributed by atoms with van der Waals surface area (Å²) in [6, 6.07) is 5.75. The topological polar surface area (TPSA) is 90.8 Å². The van der Waals surface area contributed by atoms with Crippen molar-refractivity contribution < 1.29 is 23.9 Å². The molecule has 0 unspecified atom stereocenters. The van der Waals surface area contributed by atoms with Crippen LogP contribution in [0.5, 0.6) is 0 Å². The first-order chi connectivity index (χ1) is 9.06. The standard InChI is InChI=1S/C12H11FN2O4/c13-8-3-1-2-7(4-8)9-5-10(19-15-9)12(18)14-6-11(16)17/h1-4,10H,5-6H2,(H,14,18)(H,16,17)/p-1/t10-/m0/s1. The highest BCUT2D eigenvalue weighted by Gasteiger charge is 2.28. The van der Waals surface area contributed by atoms with E-state index in [2.05, 4.69) is 10.5 Å². The van der Waals surface area contributed by atoms with Gasteiger partial charge in [0.1, 0.15) is 5.82 Å². The Hall–Kier alpha value is -2.44. The van der Waals surface area contributed by atoms with Crippen LogP contribution in [-0.4, -0.2) is 30.2 Å². The van der Waals surface area contributed by atoms with Gasteiger partial charge >= 0.3 is 0 Å². The summed E-state index contributed by atoms with van der Waals surface area (Å²) >= 11 is 0. The number of oxime groups is 1. The minimum Gasteiger partial charge on any atom is -0.548 e. The van der Waals surface area contributed by atoms with Crippen LogP contribution in [0.15, 0.2) is 29.4 Å². The van der Waals surface area contributed by atoms with Gasteiger partial charge in [0.2, 0.25) is 6.10 Å². The molecule has 1 heterocycles. The van der Waals surface area contributed by atoms with E-state index in [9.17, 15) is 19.1 Å². The molecule has 1 amide bonds. The molecule has 19 heavy (non-hydrogen) atoms. The molecule has 0 aromatic heterocycles. The summed E-state index contributed by atoms with van der Waals surface area (Å²) in [6.45, 7) is -0.589. The van der Waals surface area contributed by atoms with Crippen LogP contribution in [0.2, 0.25) is 0 Å². The maximum atomic E-state index is 13.0. The molecular formula is C12H10FN2O4-. The van der Waals surface area contributed by atoms with E-state index in [1.807, 2.05) is 0 Å². The highest BCUT2D eigenvalue weighted by molar-refractivity contribution is 6.04. The molecule has 1 N–H and O–H groups in total.